The number of ether oxygens (including phenoxy) is 1. The molecule has 0 aliphatic heterocycles. The van der Waals surface area contributed by atoms with E-state index in [4.69, 9.17) is 14.9 Å². The molecule has 0 spiro atoms. The average molecular weight is 256 g/mol. The number of benzene rings is 1. The molecule has 0 bridgehead atoms. The summed E-state index contributed by atoms with van der Waals surface area (Å²) < 4.78 is 5.43. The molecular formula is C12H16O4S. The summed E-state index contributed by atoms with van der Waals surface area (Å²) in [5.41, 5.74) is 1.06. The van der Waals surface area contributed by atoms with E-state index in [0.717, 1.165) is 5.56 Å². The van der Waals surface area contributed by atoms with Gasteiger partial charge in [-0.15, -0.1) is 11.8 Å². The van der Waals surface area contributed by atoms with Gasteiger partial charge in [-0.25, -0.2) is 0 Å². The van der Waals surface area contributed by atoms with Crippen molar-refractivity contribution in [3.05, 3.63) is 35.9 Å². The van der Waals surface area contributed by atoms with Crippen LogP contribution in [-0.4, -0.2) is 40.4 Å². The molecule has 1 unspecified atom stereocenters. The van der Waals surface area contributed by atoms with Crippen molar-refractivity contribution in [1.29, 1.82) is 0 Å². The number of aliphatic carboxylic acids is 1. The fourth-order valence-corrected chi connectivity index (χ4v) is 1.90. The van der Waals surface area contributed by atoms with Crippen molar-refractivity contribution in [2.45, 2.75) is 11.9 Å². The largest absolute Gasteiger partial charge is 0.481 e. The Morgan fingerprint density at radius 1 is 1.35 bits per heavy atom. The van der Waals surface area contributed by atoms with Crippen LogP contribution in [0.3, 0.4) is 0 Å². The molecule has 1 aromatic rings. The van der Waals surface area contributed by atoms with Gasteiger partial charge in [0, 0.05) is 0 Å². The maximum absolute atomic E-state index is 10.4. The van der Waals surface area contributed by atoms with Crippen LogP contribution in [-0.2, 0) is 16.1 Å². The zero-order valence-electron chi connectivity index (χ0n) is 9.41. The van der Waals surface area contributed by atoms with Crippen molar-refractivity contribution in [2.24, 2.45) is 0 Å². The lowest BCUT2D eigenvalue weighted by atomic mass is 10.2. The fraction of sp³-hybridized carbons (Fsp3) is 0.417. The number of aliphatic hydroxyl groups excluding tert-OH is 1. The van der Waals surface area contributed by atoms with Crippen molar-refractivity contribution in [3.63, 3.8) is 0 Å². The summed E-state index contributed by atoms with van der Waals surface area (Å²) in [4.78, 5) is 10.4. The fourth-order valence-electron chi connectivity index (χ4n) is 1.23. The van der Waals surface area contributed by atoms with Crippen molar-refractivity contribution >= 4 is 17.7 Å². The van der Waals surface area contributed by atoms with E-state index < -0.39 is 5.97 Å². The molecule has 1 rings (SSSR count). The molecular weight excluding hydrogens is 240 g/mol. The number of carbonyl (C=O) groups is 1. The highest BCUT2D eigenvalue weighted by molar-refractivity contribution is 8.00. The van der Waals surface area contributed by atoms with Crippen molar-refractivity contribution in [2.75, 3.05) is 19.0 Å². The van der Waals surface area contributed by atoms with E-state index in [1.165, 1.54) is 11.8 Å². The first kappa shape index (κ1) is 14.0. The smallest absolute Gasteiger partial charge is 0.313 e. The van der Waals surface area contributed by atoms with E-state index in [1.54, 1.807) is 0 Å². The molecule has 0 aliphatic rings. The minimum Gasteiger partial charge on any atom is -0.481 e. The lowest BCUT2D eigenvalue weighted by Gasteiger charge is -2.13. The molecule has 0 heterocycles. The van der Waals surface area contributed by atoms with Gasteiger partial charge in [0.2, 0.25) is 0 Å². The summed E-state index contributed by atoms with van der Waals surface area (Å²) >= 11 is 1.19. The molecule has 0 aliphatic carbocycles. The lowest BCUT2D eigenvalue weighted by molar-refractivity contribution is -0.133. The summed E-state index contributed by atoms with van der Waals surface area (Å²) in [6.07, 6.45) is 0. The number of hydrogen-bond acceptors (Lipinski definition) is 4. The van der Waals surface area contributed by atoms with Gasteiger partial charge in [0.05, 0.1) is 30.8 Å². The standard InChI is InChI=1S/C12H16O4S/c13-6-11(17-9-12(14)15)8-16-7-10-4-2-1-3-5-10/h1-5,11,13H,6-9H2,(H,14,15). The number of carboxylic acid groups (broad SMARTS) is 1. The highest BCUT2D eigenvalue weighted by Gasteiger charge is 2.10. The Morgan fingerprint density at radius 3 is 2.65 bits per heavy atom. The second-order valence-electron chi connectivity index (χ2n) is 3.51. The van der Waals surface area contributed by atoms with Gasteiger partial charge in [0.25, 0.3) is 0 Å². The monoisotopic (exact) mass is 256 g/mol. The normalized spacial score (nSPS) is 12.3. The summed E-state index contributed by atoms with van der Waals surface area (Å²) in [5.74, 6) is -0.892. The van der Waals surface area contributed by atoms with E-state index in [-0.39, 0.29) is 17.6 Å². The molecule has 0 saturated heterocycles. The van der Waals surface area contributed by atoms with E-state index in [9.17, 15) is 4.79 Å². The number of aliphatic hydroxyl groups is 1. The summed E-state index contributed by atoms with van der Waals surface area (Å²) in [6, 6.07) is 9.71. The highest BCUT2D eigenvalue weighted by atomic mass is 32.2. The second kappa shape index (κ2) is 8.11. The van der Waals surface area contributed by atoms with Crippen LogP contribution in [0, 0.1) is 0 Å². The number of carboxylic acids is 1. The molecule has 0 amide bonds. The Bertz CT molecular complexity index is 329. The van der Waals surface area contributed by atoms with Gasteiger partial charge < -0.3 is 14.9 Å². The molecule has 0 radical (unpaired) electrons. The Labute approximate surface area is 105 Å². The Balaban J connectivity index is 2.21. The van der Waals surface area contributed by atoms with Gasteiger partial charge in [-0.2, -0.15) is 0 Å². The van der Waals surface area contributed by atoms with Gasteiger partial charge in [0.15, 0.2) is 0 Å². The van der Waals surface area contributed by atoms with Crippen LogP contribution in [0.5, 0.6) is 0 Å². The van der Waals surface area contributed by atoms with E-state index in [1.807, 2.05) is 30.3 Å². The van der Waals surface area contributed by atoms with Crippen LogP contribution in [0.25, 0.3) is 0 Å². The molecule has 1 aromatic carbocycles. The zero-order chi connectivity index (χ0) is 12.5. The summed E-state index contributed by atoms with van der Waals surface area (Å²) in [6.45, 7) is 0.751. The first-order valence-corrected chi connectivity index (χ1v) is 6.33. The Hall–Kier alpha value is -1.04. The molecule has 0 saturated carbocycles. The maximum Gasteiger partial charge on any atom is 0.313 e. The predicted octanol–water partition coefficient (Wildman–Crippen LogP) is 1.38. The van der Waals surface area contributed by atoms with Gasteiger partial charge in [0.1, 0.15) is 0 Å². The topological polar surface area (TPSA) is 66.8 Å². The van der Waals surface area contributed by atoms with Crippen LogP contribution in [0.15, 0.2) is 30.3 Å². The quantitative estimate of drug-likeness (QED) is 0.735. The van der Waals surface area contributed by atoms with Gasteiger partial charge >= 0.3 is 5.97 Å². The molecule has 5 heteroatoms. The first-order chi connectivity index (χ1) is 8.22. The molecule has 94 valence electrons. The number of thioether (sulfide) groups is 1. The molecule has 17 heavy (non-hydrogen) atoms. The van der Waals surface area contributed by atoms with Gasteiger partial charge in [-0.05, 0) is 5.56 Å². The number of hydrogen-bond donors (Lipinski definition) is 2. The van der Waals surface area contributed by atoms with E-state index in [2.05, 4.69) is 0 Å². The third-order valence-electron chi connectivity index (χ3n) is 2.06. The van der Waals surface area contributed by atoms with Gasteiger partial charge in [-0.3, -0.25) is 4.79 Å². The van der Waals surface area contributed by atoms with Crippen LogP contribution in [0.2, 0.25) is 0 Å². The number of rotatable bonds is 8. The third-order valence-corrected chi connectivity index (χ3v) is 3.23. The molecule has 0 fully saturated rings. The van der Waals surface area contributed by atoms with Crippen LogP contribution in [0.4, 0.5) is 0 Å². The van der Waals surface area contributed by atoms with Crippen LogP contribution < -0.4 is 0 Å². The summed E-state index contributed by atoms with van der Waals surface area (Å²) in [5, 5.41) is 17.4. The summed E-state index contributed by atoms with van der Waals surface area (Å²) in [7, 11) is 0. The van der Waals surface area contributed by atoms with Crippen molar-refractivity contribution in [3.8, 4) is 0 Å². The maximum atomic E-state index is 10.4. The minimum atomic E-state index is -0.878. The van der Waals surface area contributed by atoms with E-state index in [0.29, 0.717) is 13.2 Å². The predicted molar refractivity (Wildman–Crippen MR) is 67.1 cm³/mol. The Kier molecular flexibility index (Phi) is 6.69. The van der Waals surface area contributed by atoms with Crippen LogP contribution in [0.1, 0.15) is 5.56 Å². The SMILES string of the molecule is O=C(O)CSC(CO)COCc1ccccc1. The van der Waals surface area contributed by atoms with Crippen LogP contribution >= 0.6 is 11.8 Å². The average Bonchev–Trinajstić information content (AvgIpc) is 2.34. The molecule has 0 aromatic heterocycles. The lowest BCUT2D eigenvalue weighted by Crippen LogP contribution is -2.18. The second-order valence-corrected chi connectivity index (χ2v) is 4.80. The van der Waals surface area contributed by atoms with E-state index >= 15 is 0 Å². The van der Waals surface area contributed by atoms with Gasteiger partial charge in [-0.1, -0.05) is 30.3 Å². The Morgan fingerprint density at radius 2 is 2.06 bits per heavy atom. The molecule has 4 nitrogen and oxygen atoms in total. The van der Waals surface area contributed by atoms with Crippen molar-refractivity contribution in [1.82, 2.24) is 0 Å². The zero-order valence-corrected chi connectivity index (χ0v) is 10.2. The molecule has 2 N–H and O–H groups in total. The first-order valence-electron chi connectivity index (χ1n) is 5.28. The minimum absolute atomic E-state index is 0.0140. The molecule has 1 atom stereocenters. The highest BCUT2D eigenvalue weighted by Crippen LogP contribution is 2.11. The van der Waals surface area contributed by atoms with Crippen molar-refractivity contribution < 1.29 is 19.7 Å². The third kappa shape index (κ3) is 6.31.